The lowest BCUT2D eigenvalue weighted by atomic mass is 10.2. The monoisotopic (exact) mass is 356 g/mol. The zero-order valence-corrected chi connectivity index (χ0v) is 14.0. The number of nitrogens with one attached hydrogen (secondary N) is 2. The minimum absolute atomic E-state index is 0.0440. The SMILES string of the molecule is O=C(Nn1cnc2ccccc21)c1ccc(S(=O)(=O)NC2CC2)cc1. The highest BCUT2D eigenvalue weighted by Gasteiger charge is 2.27. The fraction of sp³-hybridized carbons (Fsp3) is 0.176. The number of sulfonamides is 1. The van der Waals surface area contributed by atoms with E-state index in [1.54, 1.807) is 0 Å². The Labute approximate surface area is 144 Å². The van der Waals surface area contributed by atoms with Gasteiger partial charge in [-0.15, -0.1) is 0 Å². The lowest BCUT2D eigenvalue weighted by Gasteiger charge is -2.08. The summed E-state index contributed by atoms with van der Waals surface area (Å²) in [7, 11) is -3.52. The van der Waals surface area contributed by atoms with Gasteiger partial charge in [0.1, 0.15) is 6.33 Å². The Kier molecular flexibility index (Phi) is 3.78. The molecule has 0 atom stereocenters. The Morgan fingerprint density at radius 2 is 1.80 bits per heavy atom. The first kappa shape index (κ1) is 15.8. The summed E-state index contributed by atoms with van der Waals surface area (Å²) in [5, 5.41) is 0. The molecular weight excluding hydrogens is 340 g/mol. The molecule has 8 heteroatoms. The Morgan fingerprint density at radius 1 is 1.08 bits per heavy atom. The topological polar surface area (TPSA) is 93.1 Å². The number of hydrogen-bond acceptors (Lipinski definition) is 4. The maximum Gasteiger partial charge on any atom is 0.270 e. The van der Waals surface area contributed by atoms with Crippen molar-refractivity contribution in [3.05, 3.63) is 60.4 Å². The second-order valence-electron chi connectivity index (χ2n) is 5.96. The first-order valence-electron chi connectivity index (χ1n) is 7.89. The van der Waals surface area contributed by atoms with Gasteiger partial charge in [0.2, 0.25) is 10.0 Å². The van der Waals surface area contributed by atoms with Gasteiger partial charge in [-0.3, -0.25) is 10.2 Å². The van der Waals surface area contributed by atoms with Crippen molar-refractivity contribution in [1.82, 2.24) is 14.4 Å². The molecule has 0 bridgehead atoms. The molecular formula is C17H16N4O3S. The fourth-order valence-electron chi connectivity index (χ4n) is 2.50. The summed E-state index contributed by atoms with van der Waals surface area (Å²) in [5.41, 5.74) is 4.65. The highest BCUT2D eigenvalue weighted by Crippen LogP contribution is 2.22. The van der Waals surface area contributed by atoms with Gasteiger partial charge in [-0.25, -0.2) is 22.8 Å². The van der Waals surface area contributed by atoms with E-state index in [4.69, 9.17) is 0 Å². The van der Waals surface area contributed by atoms with Crippen LogP contribution in [0.5, 0.6) is 0 Å². The Hall–Kier alpha value is -2.71. The zero-order valence-electron chi connectivity index (χ0n) is 13.2. The molecule has 1 saturated carbocycles. The first-order chi connectivity index (χ1) is 12.0. The van der Waals surface area contributed by atoms with Crippen LogP contribution >= 0.6 is 0 Å². The predicted octanol–water partition coefficient (Wildman–Crippen LogP) is 1.86. The van der Waals surface area contributed by atoms with Crippen molar-refractivity contribution in [2.45, 2.75) is 23.8 Å². The van der Waals surface area contributed by atoms with Gasteiger partial charge in [0.25, 0.3) is 5.91 Å². The second kappa shape index (κ2) is 5.98. The van der Waals surface area contributed by atoms with E-state index in [0.29, 0.717) is 5.56 Å². The van der Waals surface area contributed by atoms with Crippen molar-refractivity contribution < 1.29 is 13.2 Å². The number of aromatic nitrogens is 2. The standard InChI is InChI=1S/C17H16N4O3S/c22-17(19-21-11-18-15-3-1-2-4-16(15)21)12-5-9-14(10-6-12)25(23,24)20-13-7-8-13/h1-6,9-11,13,20H,7-8H2,(H,19,22). The summed E-state index contributed by atoms with van der Waals surface area (Å²) in [4.78, 5) is 16.7. The third-order valence-electron chi connectivity index (χ3n) is 4.00. The highest BCUT2D eigenvalue weighted by atomic mass is 32.2. The van der Waals surface area contributed by atoms with Crippen LogP contribution in [0.3, 0.4) is 0 Å². The molecule has 1 heterocycles. The van der Waals surface area contributed by atoms with Gasteiger partial charge >= 0.3 is 0 Å². The molecule has 1 aromatic heterocycles. The number of hydrogen-bond donors (Lipinski definition) is 2. The molecule has 2 N–H and O–H groups in total. The van der Waals surface area contributed by atoms with E-state index in [-0.39, 0.29) is 16.8 Å². The highest BCUT2D eigenvalue weighted by molar-refractivity contribution is 7.89. The molecule has 7 nitrogen and oxygen atoms in total. The minimum atomic E-state index is -3.52. The van der Waals surface area contributed by atoms with Crippen molar-refractivity contribution in [2.24, 2.45) is 0 Å². The lowest BCUT2D eigenvalue weighted by Crippen LogP contribution is -2.26. The zero-order chi connectivity index (χ0) is 17.4. The number of benzene rings is 2. The van der Waals surface area contributed by atoms with E-state index in [1.165, 1.54) is 35.3 Å². The maximum absolute atomic E-state index is 12.4. The fourth-order valence-corrected chi connectivity index (χ4v) is 3.80. The number of para-hydroxylation sites is 2. The van der Waals surface area contributed by atoms with Gasteiger partial charge < -0.3 is 0 Å². The van der Waals surface area contributed by atoms with E-state index in [2.05, 4.69) is 15.1 Å². The van der Waals surface area contributed by atoms with Crippen LogP contribution < -0.4 is 10.1 Å². The lowest BCUT2D eigenvalue weighted by molar-refractivity contribution is 0.101. The van der Waals surface area contributed by atoms with Crippen LogP contribution in [0, 0.1) is 0 Å². The minimum Gasteiger partial charge on any atom is -0.267 e. The summed E-state index contributed by atoms with van der Waals surface area (Å²) in [6.45, 7) is 0. The molecule has 25 heavy (non-hydrogen) atoms. The van der Waals surface area contributed by atoms with Crippen molar-refractivity contribution in [2.75, 3.05) is 5.43 Å². The average Bonchev–Trinajstić information content (AvgIpc) is 3.33. The Balaban J connectivity index is 1.52. The average molecular weight is 356 g/mol. The third kappa shape index (κ3) is 3.26. The molecule has 4 rings (SSSR count). The third-order valence-corrected chi connectivity index (χ3v) is 5.54. The van der Waals surface area contributed by atoms with Crippen LogP contribution in [0.4, 0.5) is 0 Å². The smallest absolute Gasteiger partial charge is 0.267 e. The summed E-state index contributed by atoms with van der Waals surface area (Å²) in [6, 6.07) is 13.3. The molecule has 128 valence electrons. The van der Waals surface area contributed by atoms with Crippen LogP contribution in [0.1, 0.15) is 23.2 Å². The van der Waals surface area contributed by atoms with Gasteiger partial charge in [0.15, 0.2) is 0 Å². The predicted molar refractivity (Wildman–Crippen MR) is 93.2 cm³/mol. The van der Waals surface area contributed by atoms with E-state index >= 15 is 0 Å². The van der Waals surface area contributed by atoms with E-state index in [0.717, 1.165) is 23.9 Å². The van der Waals surface area contributed by atoms with E-state index < -0.39 is 10.0 Å². The molecule has 0 radical (unpaired) electrons. The normalized spacial score (nSPS) is 14.6. The van der Waals surface area contributed by atoms with Crippen molar-refractivity contribution in [1.29, 1.82) is 0 Å². The molecule has 1 amide bonds. The first-order valence-corrected chi connectivity index (χ1v) is 9.37. The maximum atomic E-state index is 12.4. The van der Waals surface area contributed by atoms with Gasteiger partial charge in [0, 0.05) is 11.6 Å². The quantitative estimate of drug-likeness (QED) is 0.730. The van der Waals surface area contributed by atoms with E-state index in [9.17, 15) is 13.2 Å². The molecule has 1 aliphatic carbocycles. The summed E-state index contributed by atoms with van der Waals surface area (Å²) in [5.74, 6) is -0.345. The number of amides is 1. The van der Waals surface area contributed by atoms with Gasteiger partial charge in [-0.05, 0) is 49.2 Å². The summed E-state index contributed by atoms with van der Waals surface area (Å²) in [6.07, 6.45) is 3.28. The van der Waals surface area contributed by atoms with Crippen LogP contribution in [-0.2, 0) is 10.0 Å². The number of nitrogens with zero attached hydrogens (tertiary/aromatic N) is 2. The van der Waals surface area contributed by atoms with E-state index in [1.807, 2.05) is 24.3 Å². The molecule has 1 aliphatic rings. The molecule has 0 spiro atoms. The van der Waals surface area contributed by atoms with Crippen molar-refractivity contribution in [3.8, 4) is 0 Å². The molecule has 1 fully saturated rings. The van der Waals surface area contributed by atoms with Crippen molar-refractivity contribution >= 4 is 27.0 Å². The largest absolute Gasteiger partial charge is 0.270 e. The molecule has 0 unspecified atom stereocenters. The van der Waals surface area contributed by atoms with Gasteiger partial charge in [-0.2, -0.15) is 0 Å². The number of rotatable bonds is 5. The number of imidazole rings is 1. The van der Waals surface area contributed by atoms with Crippen LogP contribution in [-0.4, -0.2) is 30.0 Å². The summed E-state index contributed by atoms with van der Waals surface area (Å²) < 4.78 is 28.4. The summed E-state index contributed by atoms with van der Waals surface area (Å²) >= 11 is 0. The molecule has 2 aromatic carbocycles. The van der Waals surface area contributed by atoms with Crippen LogP contribution in [0.15, 0.2) is 59.8 Å². The second-order valence-corrected chi connectivity index (χ2v) is 7.68. The van der Waals surface area contributed by atoms with Gasteiger partial charge in [0.05, 0.1) is 15.9 Å². The molecule has 3 aromatic rings. The molecule has 0 saturated heterocycles. The Bertz CT molecular complexity index is 1040. The van der Waals surface area contributed by atoms with Crippen LogP contribution in [0.2, 0.25) is 0 Å². The van der Waals surface area contributed by atoms with Gasteiger partial charge in [-0.1, -0.05) is 12.1 Å². The Morgan fingerprint density at radius 3 is 2.52 bits per heavy atom. The number of carbonyl (C=O) groups excluding carboxylic acids is 1. The van der Waals surface area contributed by atoms with Crippen molar-refractivity contribution in [3.63, 3.8) is 0 Å². The number of carbonyl (C=O) groups is 1. The number of fused-ring (bicyclic) bond motifs is 1. The molecule has 0 aliphatic heterocycles. The van der Waals surface area contributed by atoms with Crippen LogP contribution in [0.25, 0.3) is 11.0 Å².